The Bertz CT molecular complexity index is 362. The summed E-state index contributed by atoms with van der Waals surface area (Å²) in [6.07, 6.45) is 1.68. The van der Waals surface area contributed by atoms with Crippen LogP contribution in [0.25, 0.3) is 0 Å². The molecular weight excluding hydrogens is 245 g/mol. The molecule has 0 fully saturated rings. The molecule has 2 nitrogen and oxygen atoms in total. The molecule has 1 aromatic rings. The van der Waals surface area contributed by atoms with Gasteiger partial charge in [-0.15, -0.1) is 18.2 Å². The maximum absolute atomic E-state index is 11.5. The van der Waals surface area contributed by atoms with Gasteiger partial charge in [0.15, 0.2) is 0 Å². The molecule has 0 aromatic heterocycles. The Morgan fingerprint density at radius 2 is 2.00 bits per heavy atom. The van der Waals surface area contributed by atoms with Crippen molar-refractivity contribution < 1.29 is 4.79 Å². The fourth-order valence-corrected chi connectivity index (χ4v) is 1.60. The van der Waals surface area contributed by atoms with E-state index in [1.54, 1.807) is 23.1 Å². The average Bonchev–Trinajstić information content (AvgIpc) is 2.30. The SMILES string of the molecule is C=CCN(Cc1ccc(Cl)cc1)C(=O)CCl. The van der Waals surface area contributed by atoms with Gasteiger partial charge in [-0.05, 0) is 17.7 Å². The lowest BCUT2D eigenvalue weighted by atomic mass is 10.2. The Morgan fingerprint density at radius 3 is 2.50 bits per heavy atom. The van der Waals surface area contributed by atoms with Crippen LogP contribution in [0.4, 0.5) is 0 Å². The van der Waals surface area contributed by atoms with E-state index in [1.807, 2.05) is 12.1 Å². The lowest BCUT2D eigenvalue weighted by molar-refractivity contribution is -0.128. The van der Waals surface area contributed by atoms with Gasteiger partial charge in [0.25, 0.3) is 0 Å². The van der Waals surface area contributed by atoms with Crippen molar-refractivity contribution in [3.63, 3.8) is 0 Å². The minimum Gasteiger partial charge on any atom is -0.334 e. The van der Waals surface area contributed by atoms with E-state index < -0.39 is 0 Å². The molecule has 0 saturated carbocycles. The molecule has 0 aliphatic rings. The van der Waals surface area contributed by atoms with Gasteiger partial charge < -0.3 is 4.90 Å². The van der Waals surface area contributed by atoms with Gasteiger partial charge in [0, 0.05) is 18.1 Å². The van der Waals surface area contributed by atoms with Crippen LogP contribution in [0.2, 0.25) is 5.02 Å². The predicted octanol–water partition coefficient (Wildman–Crippen LogP) is 3.09. The molecule has 0 spiro atoms. The third-order valence-electron chi connectivity index (χ3n) is 2.10. The van der Waals surface area contributed by atoms with Crippen LogP contribution in [-0.2, 0) is 11.3 Å². The second-order valence-electron chi connectivity index (χ2n) is 3.32. The van der Waals surface area contributed by atoms with E-state index in [1.165, 1.54) is 0 Å². The second-order valence-corrected chi connectivity index (χ2v) is 4.03. The Hall–Kier alpha value is -0.990. The van der Waals surface area contributed by atoms with Crippen molar-refractivity contribution in [2.24, 2.45) is 0 Å². The molecule has 4 heteroatoms. The topological polar surface area (TPSA) is 20.3 Å². The highest BCUT2D eigenvalue weighted by Gasteiger charge is 2.10. The van der Waals surface area contributed by atoms with Gasteiger partial charge in [-0.3, -0.25) is 4.79 Å². The van der Waals surface area contributed by atoms with Gasteiger partial charge in [0.2, 0.25) is 5.91 Å². The standard InChI is InChI=1S/C12H13Cl2NO/c1-2-7-15(12(16)8-13)9-10-3-5-11(14)6-4-10/h2-6H,1,7-9H2. The fourth-order valence-electron chi connectivity index (χ4n) is 1.31. The van der Waals surface area contributed by atoms with Crippen molar-refractivity contribution >= 4 is 29.1 Å². The number of halogens is 2. The minimum absolute atomic E-state index is 0.0125. The molecule has 1 aromatic carbocycles. The van der Waals surface area contributed by atoms with Crippen molar-refractivity contribution in [3.8, 4) is 0 Å². The first-order chi connectivity index (χ1) is 7.67. The Morgan fingerprint density at radius 1 is 1.38 bits per heavy atom. The number of hydrogen-bond donors (Lipinski definition) is 0. The van der Waals surface area contributed by atoms with Gasteiger partial charge in [0.1, 0.15) is 5.88 Å². The first-order valence-corrected chi connectivity index (χ1v) is 5.77. The van der Waals surface area contributed by atoms with E-state index >= 15 is 0 Å². The first kappa shape index (κ1) is 13.1. The third kappa shape index (κ3) is 3.87. The van der Waals surface area contributed by atoms with E-state index in [0.717, 1.165) is 5.56 Å². The Kier molecular flexibility index (Phi) is 5.36. The van der Waals surface area contributed by atoms with E-state index in [9.17, 15) is 4.79 Å². The summed E-state index contributed by atoms with van der Waals surface area (Å²) in [6.45, 7) is 4.63. The van der Waals surface area contributed by atoms with E-state index in [2.05, 4.69) is 6.58 Å². The number of alkyl halides is 1. The maximum atomic E-state index is 11.5. The highest BCUT2D eigenvalue weighted by Crippen LogP contribution is 2.11. The average molecular weight is 258 g/mol. The summed E-state index contributed by atoms with van der Waals surface area (Å²) in [5.41, 5.74) is 1.02. The molecule has 0 atom stereocenters. The van der Waals surface area contributed by atoms with E-state index in [0.29, 0.717) is 18.1 Å². The molecule has 0 aliphatic carbocycles. The zero-order valence-corrected chi connectivity index (χ0v) is 10.3. The summed E-state index contributed by atoms with van der Waals surface area (Å²) in [4.78, 5) is 13.1. The molecule has 1 amide bonds. The third-order valence-corrected chi connectivity index (χ3v) is 2.58. The fraction of sp³-hybridized carbons (Fsp3) is 0.250. The lowest BCUT2D eigenvalue weighted by Gasteiger charge is -2.20. The normalized spacial score (nSPS) is 9.88. The molecule has 0 heterocycles. The van der Waals surface area contributed by atoms with Crippen LogP contribution in [0.5, 0.6) is 0 Å². The first-order valence-electron chi connectivity index (χ1n) is 4.86. The summed E-state index contributed by atoms with van der Waals surface area (Å²) in [5, 5.41) is 0.683. The number of amides is 1. The highest BCUT2D eigenvalue weighted by molar-refractivity contribution is 6.30. The summed E-state index contributed by atoms with van der Waals surface area (Å²) >= 11 is 11.3. The largest absolute Gasteiger partial charge is 0.334 e. The minimum atomic E-state index is -0.100. The number of nitrogens with zero attached hydrogens (tertiary/aromatic N) is 1. The second kappa shape index (κ2) is 6.56. The maximum Gasteiger partial charge on any atom is 0.238 e. The van der Waals surface area contributed by atoms with Gasteiger partial charge in [-0.2, -0.15) is 0 Å². The molecule has 0 radical (unpaired) electrons. The molecule has 1 rings (SSSR count). The van der Waals surface area contributed by atoms with Crippen molar-refractivity contribution in [2.75, 3.05) is 12.4 Å². The summed E-state index contributed by atoms with van der Waals surface area (Å²) < 4.78 is 0. The number of carbonyl (C=O) groups is 1. The summed E-state index contributed by atoms with van der Waals surface area (Å²) in [7, 11) is 0. The van der Waals surface area contributed by atoms with Gasteiger partial charge in [-0.25, -0.2) is 0 Å². The van der Waals surface area contributed by atoms with Gasteiger partial charge >= 0.3 is 0 Å². The van der Waals surface area contributed by atoms with Crippen LogP contribution in [0, 0.1) is 0 Å². The molecule has 0 bridgehead atoms. The predicted molar refractivity (Wildman–Crippen MR) is 67.8 cm³/mol. The van der Waals surface area contributed by atoms with Crippen molar-refractivity contribution in [1.29, 1.82) is 0 Å². The van der Waals surface area contributed by atoms with Crippen LogP contribution in [0.15, 0.2) is 36.9 Å². The molecule has 86 valence electrons. The number of benzene rings is 1. The van der Waals surface area contributed by atoms with Gasteiger partial charge in [-0.1, -0.05) is 29.8 Å². The monoisotopic (exact) mass is 257 g/mol. The zero-order chi connectivity index (χ0) is 12.0. The van der Waals surface area contributed by atoms with Crippen molar-refractivity contribution in [3.05, 3.63) is 47.5 Å². The molecular formula is C12H13Cl2NO. The van der Waals surface area contributed by atoms with Crippen LogP contribution in [0.3, 0.4) is 0 Å². The smallest absolute Gasteiger partial charge is 0.238 e. The van der Waals surface area contributed by atoms with Crippen LogP contribution >= 0.6 is 23.2 Å². The summed E-state index contributed by atoms with van der Waals surface area (Å²) in [6, 6.07) is 7.38. The number of rotatable bonds is 5. The molecule has 0 N–H and O–H groups in total. The van der Waals surface area contributed by atoms with E-state index in [-0.39, 0.29) is 11.8 Å². The molecule has 0 aliphatic heterocycles. The zero-order valence-electron chi connectivity index (χ0n) is 8.83. The lowest BCUT2D eigenvalue weighted by Crippen LogP contribution is -2.31. The Balaban J connectivity index is 2.71. The number of carbonyl (C=O) groups excluding carboxylic acids is 1. The van der Waals surface area contributed by atoms with Crippen LogP contribution < -0.4 is 0 Å². The molecule has 0 saturated heterocycles. The Labute approximate surface area is 105 Å². The molecule has 16 heavy (non-hydrogen) atoms. The van der Waals surface area contributed by atoms with Crippen LogP contribution in [-0.4, -0.2) is 23.2 Å². The summed E-state index contributed by atoms with van der Waals surface area (Å²) in [5.74, 6) is -0.113. The highest BCUT2D eigenvalue weighted by atomic mass is 35.5. The quantitative estimate of drug-likeness (QED) is 0.587. The number of hydrogen-bond acceptors (Lipinski definition) is 1. The molecule has 0 unspecified atom stereocenters. The van der Waals surface area contributed by atoms with Crippen LogP contribution in [0.1, 0.15) is 5.56 Å². The van der Waals surface area contributed by atoms with Crippen molar-refractivity contribution in [1.82, 2.24) is 4.90 Å². The van der Waals surface area contributed by atoms with E-state index in [4.69, 9.17) is 23.2 Å². The van der Waals surface area contributed by atoms with Crippen molar-refractivity contribution in [2.45, 2.75) is 6.54 Å². The van der Waals surface area contributed by atoms with Gasteiger partial charge in [0.05, 0.1) is 0 Å².